The predicted molar refractivity (Wildman–Crippen MR) is 72.5 cm³/mol. The van der Waals surface area contributed by atoms with E-state index in [1.54, 1.807) is 12.4 Å². The minimum absolute atomic E-state index is 0.0834. The smallest absolute Gasteiger partial charge is 0.244 e. The average Bonchev–Trinajstić information content (AvgIpc) is 2.46. The van der Waals surface area contributed by atoms with Gasteiger partial charge in [-0.1, -0.05) is 0 Å². The summed E-state index contributed by atoms with van der Waals surface area (Å²) in [6, 6.07) is 3.72. The lowest BCUT2D eigenvalue weighted by molar-refractivity contribution is -0.121. The van der Waals surface area contributed by atoms with E-state index in [1.165, 1.54) is 0 Å². The van der Waals surface area contributed by atoms with Crippen LogP contribution in [0.2, 0.25) is 0 Å². The van der Waals surface area contributed by atoms with Crippen molar-refractivity contribution in [3.05, 3.63) is 24.5 Å². The Bertz CT molecular complexity index is 416. The first kappa shape index (κ1) is 13.0. The fourth-order valence-corrected chi connectivity index (χ4v) is 2.67. The normalized spacial score (nSPS) is 23.8. The number of aromatic nitrogens is 1. The van der Waals surface area contributed by atoms with Crippen molar-refractivity contribution in [3.63, 3.8) is 0 Å². The zero-order chi connectivity index (χ0) is 13.2. The van der Waals surface area contributed by atoms with Crippen LogP contribution in [0.15, 0.2) is 24.5 Å². The standard InChI is InChI=1S/C14H21N3O/c1-14(2)8-4-5-12(15-3)13(18)17(14)11-6-9-16-10-7-11/h6-7,9-10,12,15H,4-5,8H2,1-3H3. The Kier molecular flexibility index (Phi) is 3.66. The molecule has 4 heteroatoms. The van der Waals surface area contributed by atoms with Gasteiger partial charge in [0, 0.05) is 23.6 Å². The molecule has 1 aliphatic heterocycles. The number of nitrogens with zero attached hydrogens (tertiary/aromatic N) is 2. The fraction of sp³-hybridized carbons (Fsp3) is 0.571. The highest BCUT2D eigenvalue weighted by molar-refractivity contribution is 5.98. The second-order valence-corrected chi connectivity index (χ2v) is 5.42. The van der Waals surface area contributed by atoms with Crippen molar-refractivity contribution in [2.75, 3.05) is 11.9 Å². The Hall–Kier alpha value is -1.42. The van der Waals surface area contributed by atoms with E-state index in [1.807, 2.05) is 24.1 Å². The van der Waals surface area contributed by atoms with Crippen molar-refractivity contribution < 1.29 is 4.79 Å². The van der Waals surface area contributed by atoms with Crippen LogP contribution in [0.25, 0.3) is 0 Å². The molecule has 1 aromatic rings. The predicted octanol–water partition coefficient (Wildman–Crippen LogP) is 1.97. The van der Waals surface area contributed by atoms with Gasteiger partial charge >= 0.3 is 0 Å². The average molecular weight is 247 g/mol. The summed E-state index contributed by atoms with van der Waals surface area (Å²) in [6.45, 7) is 4.26. The van der Waals surface area contributed by atoms with Gasteiger partial charge in [0.15, 0.2) is 0 Å². The molecule has 0 saturated carbocycles. The summed E-state index contributed by atoms with van der Waals surface area (Å²) < 4.78 is 0. The van der Waals surface area contributed by atoms with E-state index in [-0.39, 0.29) is 17.5 Å². The third kappa shape index (κ3) is 2.38. The Morgan fingerprint density at radius 3 is 2.67 bits per heavy atom. The van der Waals surface area contributed by atoms with Crippen LogP contribution in [0.4, 0.5) is 5.69 Å². The molecular weight excluding hydrogens is 226 g/mol. The van der Waals surface area contributed by atoms with Gasteiger partial charge in [-0.3, -0.25) is 9.78 Å². The lowest BCUT2D eigenvalue weighted by atomic mass is 9.96. The molecule has 1 amide bonds. The Labute approximate surface area is 108 Å². The van der Waals surface area contributed by atoms with Crippen LogP contribution in [0.3, 0.4) is 0 Å². The number of anilines is 1. The number of hydrogen-bond acceptors (Lipinski definition) is 3. The molecule has 1 fully saturated rings. The molecule has 0 aliphatic carbocycles. The van der Waals surface area contributed by atoms with Crippen LogP contribution in [-0.4, -0.2) is 29.5 Å². The highest BCUT2D eigenvalue weighted by atomic mass is 16.2. The van der Waals surface area contributed by atoms with Gasteiger partial charge in [-0.05, 0) is 52.3 Å². The molecule has 0 radical (unpaired) electrons. The zero-order valence-corrected chi connectivity index (χ0v) is 11.3. The van der Waals surface area contributed by atoms with Gasteiger partial charge in [0.1, 0.15) is 0 Å². The summed E-state index contributed by atoms with van der Waals surface area (Å²) in [5.74, 6) is 0.159. The summed E-state index contributed by atoms with van der Waals surface area (Å²) in [5.41, 5.74) is 0.784. The van der Waals surface area contributed by atoms with Crippen molar-refractivity contribution in [2.24, 2.45) is 0 Å². The van der Waals surface area contributed by atoms with Crippen LogP contribution >= 0.6 is 0 Å². The summed E-state index contributed by atoms with van der Waals surface area (Å²) in [6.07, 6.45) is 6.45. The molecule has 0 bridgehead atoms. The van der Waals surface area contributed by atoms with Crippen LogP contribution in [0.1, 0.15) is 33.1 Å². The maximum absolute atomic E-state index is 12.6. The molecule has 1 saturated heterocycles. The molecule has 2 heterocycles. The number of hydrogen-bond donors (Lipinski definition) is 1. The molecule has 4 nitrogen and oxygen atoms in total. The number of carbonyl (C=O) groups excluding carboxylic acids is 1. The maximum Gasteiger partial charge on any atom is 0.244 e. The SMILES string of the molecule is CNC1CCCC(C)(C)N(c2ccncc2)C1=O. The molecule has 1 unspecified atom stereocenters. The van der Waals surface area contributed by atoms with Gasteiger partial charge in [0.2, 0.25) is 5.91 Å². The van der Waals surface area contributed by atoms with E-state index in [0.717, 1.165) is 24.9 Å². The maximum atomic E-state index is 12.6. The molecule has 1 aromatic heterocycles. The minimum Gasteiger partial charge on any atom is -0.309 e. The first-order valence-electron chi connectivity index (χ1n) is 6.47. The van der Waals surface area contributed by atoms with E-state index >= 15 is 0 Å². The second-order valence-electron chi connectivity index (χ2n) is 5.42. The van der Waals surface area contributed by atoms with Crippen LogP contribution in [0.5, 0.6) is 0 Å². The van der Waals surface area contributed by atoms with Gasteiger partial charge in [-0.25, -0.2) is 0 Å². The lowest BCUT2D eigenvalue weighted by Gasteiger charge is -2.38. The van der Waals surface area contributed by atoms with Crippen molar-refractivity contribution in [1.29, 1.82) is 0 Å². The quantitative estimate of drug-likeness (QED) is 0.869. The van der Waals surface area contributed by atoms with E-state index in [9.17, 15) is 4.79 Å². The minimum atomic E-state index is -0.149. The summed E-state index contributed by atoms with van der Waals surface area (Å²) >= 11 is 0. The number of rotatable bonds is 2. The number of amides is 1. The van der Waals surface area contributed by atoms with Gasteiger partial charge < -0.3 is 10.2 Å². The third-order valence-electron chi connectivity index (χ3n) is 3.67. The van der Waals surface area contributed by atoms with Crippen LogP contribution < -0.4 is 10.2 Å². The van der Waals surface area contributed by atoms with Crippen molar-refractivity contribution in [2.45, 2.75) is 44.7 Å². The third-order valence-corrected chi connectivity index (χ3v) is 3.67. The van der Waals surface area contributed by atoms with Gasteiger partial charge in [0.05, 0.1) is 6.04 Å². The highest BCUT2D eigenvalue weighted by Crippen LogP contribution is 2.32. The van der Waals surface area contributed by atoms with Gasteiger partial charge in [-0.15, -0.1) is 0 Å². The number of likely N-dealkylation sites (N-methyl/N-ethyl adjacent to an activating group) is 1. The summed E-state index contributed by atoms with van der Waals surface area (Å²) in [5, 5.41) is 3.12. The highest BCUT2D eigenvalue weighted by Gasteiger charge is 2.37. The monoisotopic (exact) mass is 247 g/mol. The fourth-order valence-electron chi connectivity index (χ4n) is 2.67. The first-order chi connectivity index (χ1) is 8.56. The first-order valence-corrected chi connectivity index (χ1v) is 6.47. The lowest BCUT2D eigenvalue weighted by Crippen LogP contribution is -2.52. The largest absolute Gasteiger partial charge is 0.309 e. The number of carbonyl (C=O) groups is 1. The van der Waals surface area contributed by atoms with E-state index < -0.39 is 0 Å². The molecule has 98 valence electrons. The molecule has 0 aromatic carbocycles. The Balaban J connectivity index is 2.40. The Morgan fingerprint density at radius 1 is 1.39 bits per heavy atom. The summed E-state index contributed by atoms with van der Waals surface area (Å²) in [4.78, 5) is 18.6. The van der Waals surface area contributed by atoms with E-state index in [0.29, 0.717) is 0 Å². The van der Waals surface area contributed by atoms with Crippen molar-refractivity contribution in [3.8, 4) is 0 Å². The molecule has 2 rings (SSSR count). The summed E-state index contributed by atoms with van der Waals surface area (Å²) in [7, 11) is 1.85. The van der Waals surface area contributed by atoms with Crippen molar-refractivity contribution >= 4 is 11.6 Å². The van der Waals surface area contributed by atoms with Crippen LogP contribution in [0, 0.1) is 0 Å². The Morgan fingerprint density at radius 2 is 2.06 bits per heavy atom. The molecule has 1 N–H and O–H groups in total. The van der Waals surface area contributed by atoms with Crippen LogP contribution in [-0.2, 0) is 4.79 Å². The second kappa shape index (κ2) is 5.06. The molecule has 0 spiro atoms. The van der Waals surface area contributed by atoms with E-state index in [4.69, 9.17) is 0 Å². The van der Waals surface area contributed by atoms with E-state index in [2.05, 4.69) is 24.1 Å². The number of pyridine rings is 1. The zero-order valence-electron chi connectivity index (χ0n) is 11.3. The molecule has 1 atom stereocenters. The van der Waals surface area contributed by atoms with Crippen molar-refractivity contribution in [1.82, 2.24) is 10.3 Å². The topological polar surface area (TPSA) is 45.2 Å². The molecular formula is C14H21N3O. The van der Waals surface area contributed by atoms with Gasteiger partial charge in [-0.2, -0.15) is 0 Å². The molecule has 1 aliphatic rings. The molecule has 18 heavy (non-hydrogen) atoms. The number of nitrogens with one attached hydrogen (secondary N) is 1. The van der Waals surface area contributed by atoms with Gasteiger partial charge in [0.25, 0.3) is 0 Å².